The summed E-state index contributed by atoms with van der Waals surface area (Å²) < 4.78 is 0. The highest BCUT2D eigenvalue weighted by atomic mass is 32.1. The molecule has 0 saturated carbocycles. The third kappa shape index (κ3) is 3.64. The topological polar surface area (TPSA) is 90.0 Å². The first-order chi connectivity index (χ1) is 14.7. The highest BCUT2D eigenvalue weighted by Gasteiger charge is 2.20. The van der Waals surface area contributed by atoms with Gasteiger partial charge in [0.15, 0.2) is 11.6 Å². The molecule has 1 aromatic carbocycles. The second kappa shape index (κ2) is 7.85. The number of fused-ring (bicyclic) bond motifs is 1. The number of hydrogen-bond acceptors (Lipinski definition) is 7. The molecule has 8 nitrogen and oxygen atoms in total. The lowest BCUT2D eigenvalue weighted by Crippen LogP contribution is -2.47. The van der Waals surface area contributed by atoms with E-state index in [4.69, 9.17) is 0 Å². The molecule has 1 saturated heterocycles. The standard InChI is InChI=1S/C21H21N7OS/c1-27-8-10-28(11-9-27)21(29)14-4-6-15(7-5-14)23-20-18-16(13-22-26-18)24-19(25-20)17-3-2-12-30-17/h2-7,12-13H,8-11H2,1H3,(H,22,26)(H,23,24,25). The Morgan fingerprint density at radius 2 is 1.90 bits per heavy atom. The van der Waals surface area contributed by atoms with Gasteiger partial charge in [0.2, 0.25) is 0 Å². The first-order valence-corrected chi connectivity index (χ1v) is 10.7. The summed E-state index contributed by atoms with van der Waals surface area (Å²) in [6, 6.07) is 11.5. The summed E-state index contributed by atoms with van der Waals surface area (Å²) >= 11 is 1.59. The van der Waals surface area contributed by atoms with Gasteiger partial charge in [-0.2, -0.15) is 5.10 Å². The van der Waals surface area contributed by atoms with Crippen LogP contribution in [0.25, 0.3) is 21.7 Å². The van der Waals surface area contributed by atoms with Crippen molar-refractivity contribution in [2.24, 2.45) is 0 Å². The van der Waals surface area contributed by atoms with Crippen LogP contribution in [0.15, 0.2) is 48.0 Å². The number of aromatic amines is 1. The van der Waals surface area contributed by atoms with Gasteiger partial charge in [-0.25, -0.2) is 9.97 Å². The zero-order chi connectivity index (χ0) is 20.5. The maximum Gasteiger partial charge on any atom is 0.253 e. The highest BCUT2D eigenvalue weighted by Crippen LogP contribution is 2.28. The number of H-pyrrole nitrogens is 1. The minimum Gasteiger partial charge on any atom is -0.338 e. The van der Waals surface area contributed by atoms with Gasteiger partial charge in [-0.3, -0.25) is 9.89 Å². The number of nitrogens with one attached hydrogen (secondary N) is 2. The van der Waals surface area contributed by atoms with E-state index in [0.29, 0.717) is 17.2 Å². The molecule has 0 aliphatic carbocycles. The summed E-state index contributed by atoms with van der Waals surface area (Å²) in [6.45, 7) is 3.34. The van der Waals surface area contributed by atoms with Crippen LogP contribution in [-0.4, -0.2) is 69.1 Å². The Morgan fingerprint density at radius 3 is 2.63 bits per heavy atom. The van der Waals surface area contributed by atoms with Crippen LogP contribution in [0.1, 0.15) is 10.4 Å². The van der Waals surface area contributed by atoms with Gasteiger partial charge < -0.3 is 15.1 Å². The predicted octanol–water partition coefficient (Wildman–Crippen LogP) is 3.21. The van der Waals surface area contributed by atoms with Crippen molar-refractivity contribution >= 4 is 39.8 Å². The van der Waals surface area contributed by atoms with Gasteiger partial charge in [0.25, 0.3) is 5.91 Å². The Balaban J connectivity index is 1.38. The molecule has 0 atom stereocenters. The SMILES string of the molecule is CN1CCN(C(=O)c2ccc(Nc3nc(-c4cccs4)nc4cn[nH]c34)cc2)CC1. The lowest BCUT2D eigenvalue weighted by molar-refractivity contribution is 0.0664. The summed E-state index contributed by atoms with van der Waals surface area (Å²) in [7, 11) is 2.08. The van der Waals surface area contributed by atoms with Crippen molar-refractivity contribution in [3.05, 3.63) is 53.5 Å². The molecule has 2 N–H and O–H groups in total. The van der Waals surface area contributed by atoms with E-state index in [1.54, 1.807) is 17.5 Å². The molecule has 3 aromatic heterocycles. The van der Waals surface area contributed by atoms with E-state index in [2.05, 4.69) is 37.4 Å². The van der Waals surface area contributed by atoms with Crippen LogP contribution in [0, 0.1) is 0 Å². The van der Waals surface area contributed by atoms with Crippen LogP contribution >= 0.6 is 11.3 Å². The molecule has 30 heavy (non-hydrogen) atoms. The number of amides is 1. The van der Waals surface area contributed by atoms with Crippen molar-refractivity contribution in [1.29, 1.82) is 0 Å². The highest BCUT2D eigenvalue weighted by molar-refractivity contribution is 7.13. The third-order valence-corrected chi connectivity index (χ3v) is 6.09. The van der Waals surface area contributed by atoms with Crippen molar-refractivity contribution in [3.8, 4) is 10.7 Å². The number of hydrogen-bond donors (Lipinski definition) is 2. The molecule has 0 radical (unpaired) electrons. The monoisotopic (exact) mass is 419 g/mol. The number of carbonyl (C=O) groups excluding carboxylic acids is 1. The molecule has 0 spiro atoms. The van der Waals surface area contributed by atoms with E-state index < -0.39 is 0 Å². The Morgan fingerprint density at radius 1 is 1.10 bits per heavy atom. The van der Waals surface area contributed by atoms with Gasteiger partial charge in [-0.05, 0) is 42.8 Å². The third-order valence-electron chi connectivity index (χ3n) is 5.23. The van der Waals surface area contributed by atoms with Gasteiger partial charge in [-0.15, -0.1) is 11.3 Å². The van der Waals surface area contributed by atoms with Gasteiger partial charge in [0.1, 0.15) is 11.0 Å². The largest absolute Gasteiger partial charge is 0.338 e. The van der Waals surface area contributed by atoms with Gasteiger partial charge >= 0.3 is 0 Å². The van der Waals surface area contributed by atoms with Crippen LogP contribution in [-0.2, 0) is 0 Å². The van der Waals surface area contributed by atoms with Gasteiger partial charge in [0.05, 0.1) is 11.1 Å². The van der Waals surface area contributed by atoms with E-state index in [0.717, 1.165) is 47.8 Å². The second-order valence-corrected chi connectivity index (χ2v) is 8.25. The van der Waals surface area contributed by atoms with Crippen molar-refractivity contribution in [2.75, 3.05) is 38.5 Å². The smallest absolute Gasteiger partial charge is 0.253 e. The van der Waals surface area contributed by atoms with Crippen molar-refractivity contribution < 1.29 is 4.79 Å². The number of nitrogens with zero attached hydrogens (tertiary/aromatic N) is 5. The molecule has 0 bridgehead atoms. The predicted molar refractivity (Wildman–Crippen MR) is 118 cm³/mol. The van der Waals surface area contributed by atoms with Gasteiger partial charge in [0, 0.05) is 37.4 Å². The molecule has 9 heteroatoms. The van der Waals surface area contributed by atoms with Crippen LogP contribution in [0.3, 0.4) is 0 Å². The number of likely N-dealkylation sites (N-methyl/N-ethyl adjacent to an activating group) is 1. The molecular formula is C21H21N7OS. The number of anilines is 2. The molecule has 5 rings (SSSR count). The van der Waals surface area contributed by atoms with Gasteiger partial charge in [-0.1, -0.05) is 6.07 Å². The minimum atomic E-state index is 0.0765. The maximum absolute atomic E-state index is 12.7. The van der Waals surface area contributed by atoms with Crippen LogP contribution in [0.4, 0.5) is 11.5 Å². The molecule has 0 unspecified atom stereocenters. The van der Waals surface area contributed by atoms with Crippen LogP contribution in [0.5, 0.6) is 0 Å². The van der Waals surface area contributed by atoms with Crippen LogP contribution < -0.4 is 5.32 Å². The fraction of sp³-hybridized carbons (Fsp3) is 0.238. The number of aromatic nitrogens is 4. The number of benzene rings is 1. The van der Waals surface area contributed by atoms with Crippen molar-refractivity contribution in [2.45, 2.75) is 0 Å². The lowest BCUT2D eigenvalue weighted by atomic mass is 10.1. The van der Waals surface area contributed by atoms with Crippen molar-refractivity contribution in [1.82, 2.24) is 30.0 Å². The van der Waals surface area contributed by atoms with E-state index >= 15 is 0 Å². The van der Waals surface area contributed by atoms with E-state index in [1.807, 2.05) is 46.7 Å². The van der Waals surface area contributed by atoms with E-state index in [9.17, 15) is 4.79 Å². The molecule has 1 amide bonds. The Hall–Kier alpha value is -3.30. The number of rotatable bonds is 4. The molecule has 1 aliphatic rings. The minimum absolute atomic E-state index is 0.0765. The van der Waals surface area contributed by atoms with E-state index in [-0.39, 0.29) is 5.91 Å². The quantitative estimate of drug-likeness (QED) is 0.528. The Labute approximate surface area is 177 Å². The average Bonchev–Trinajstić information content (AvgIpc) is 3.46. The number of piperazine rings is 1. The molecular weight excluding hydrogens is 398 g/mol. The Kier molecular flexibility index (Phi) is 4.89. The maximum atomic E-state index is 12.7. The number of thiophene rings is 1. The van der Waals surface area contributed by atoms with E-state index in [1.165, 1.54) is 0 Å². The Bertz CT molecular complexity index is 1160. The molecule has 152 valence electrons. The number of carbonyl (C=O) groups is 1. The normalized spacial score (nSPS) is 14.9. The lowest BCUT2D eigenvalue weighted by Gasteiger charge is -2.32. The summed E-state index contributed by atoms with van der Waals surface area (Å²) in [5.74, 6) is 1.38. The summed E-state index contributed by atoms with van der Waals surface area (Å²) in [5.41, 5.74) is 3.03. The average molecular weight is 420 g/mol. The summed E-state index contributed by atoms with van der Waals surface area (Å²) in [5, 5.41) is 12.4. The first kappa shape index (κ1) is 18.7. The fourth-order valence-electron chi connectivity index (χ4n) is 3.47. The summed E-state index contributed by atoms with van der Waals surface area (Å²) in [6.07, 6.45) is 1.69. The zero-order valence-corrected chi connectivity index (χ0v) is 17.3. The molecule has 1 fully saturated rings. The van der Waals surface area contributed by atoms with Crippen molar-refractivity contribution in [3.63, 3.8) is 0 Å². The first-order valence-electron chi connectivity index (χ1n) is 9.77. The molecule has 4 aromatic rings. The zero-order valence-electron chi connectivity index (χ0n) is 16.5. The molecule has 4 heterocycles. The molecule has 1 aliphatic heterocycles. The second-order valence-electron chi connectivity index (χ2n) is 7.30. The summed E-state index contributed by atoms with van der Waals surface area (Å²) in [4.78, 5) is 27.2. The fourth-order valence-corrected chi connectivity index (χ4v) is 4.13. The van der Waals surface area contributed by atoms with Crippen LogP contribution in [0.2, 0.25) is 0 Å².